The van der Waals surface area contributed by atoms with Crippen LogP contribution >= 0.6 is 0 Å². The molecule has 0 radical (unpaired) electrons. The van der Waals surface area contributed by atoms with Crippen LogP contribution in [0.25, 0.3) is 38.7 Å². The fraction of sp³-hybridized carbons (Fsp3) is 0.0882. The van der Waals surface area contributed by atoms with E-state index >= 15 is 0 Å². The first-order valence-corrected chi connectivity index (χ1v) is 14.0. The Balaban J connectivity index is 1.12. The van der Waals surface area contributed by atoms with Crippen LogP contribution in [0.15, 0.2) is 108 Å². The fourth-order valence-corrected chi connectivity index (χ4v) is 5.73. The topological polar surface area (TPSA) is 96.5 Å². The van der Waals surface area contributed by atoms with Crippen molar-refractivity contribution in [2.45, 2.75) is 13.0 Å². The van der Waals surface area contributed by atoms with Gasteiger partial charge in [0.05, 0.1) is 17.4 Å². The van der Waals surface area contributed by atoms with E-state index in [0.29, 0.717) is 17.2 Å². The van der Waals surface area contributed by atoms with E-state index in [-0.39, 0.29) is 5.91 Å². The van der Waals surface area contributed by atoms with Gasteiger partial charge in [0.1, 0.15) is 11.2 Å². The first-order valence-electron chi connectivity index (χ1n) is 14.0. The quantitative estimate of drug-likeness (QED) is 0.215. The summed E-state index contributed by atoms with van der Waals surface area (Å²) in [6, 6.07) is 31.6. The van der Waals surface area contributed by atoms with Gasteiger partial charge in [0.2, 0.25) is 5.95 Å². The van der Waals surface area contributed by atoms with E-state index in [0.717, 1.165) is 63.9 Å². The summed E-state index contributed by atoms with van der Waals surface area (Å²) in [4.78, 5) is 18.1. The maximum absolute atomic E-state index is 13.1. The molecule has 7 aromatic rings. The normalized spacial score (nSPS) is 13.0. The smallest absolute Gasteiger partial charge is 0.255 e. The molecular formula is C34H26N6O2. The van der Waals surface area contributed by atoms with Crippen LogP contribution in [0.4, 0.5) is 17.3 Å². The SMILES string of the molecule is O=C(Nc1cccc(Nc2nc(-c3cccc4c3oc3ccccc34)cc3ccnn23)c1)c1ccc2c(c1)CNCC2. The van der Waals surface area contributed by atoms with Gasteiger partial charge in [0.15, 0.2) is 0 Å². The number of nitrogens with one attached hydrogen (secondary N) is 3. The molecule has 42 heavy (non-hydrogen) atoms. The number of hydrogen-bond acceptors (Lipinski definition) is 6. The zero-order valence-corrected chi connectivity index (χ0v) is 22.6. The maximum Gasteiger partial charge on any atom is 0.255 e. The molecule has 0 saturated heterocycles. The Kier molecular flexibility index (Phi) is 5.72. The van der Waals surface area contributed by atoms with E-state index in [4.69, 9.17) is 9.40 Å². The Bertz CT molecular complexity index is 2140. The van der Waals surface area contributed by atoms with Crippen LogP contribution in [-0.4, -0.2) is 27.0 Å². The number of anilines is 3. The Hall–Kier alpha value is -5.47. The molecule has 8 heteroatoms. The molecule has 0 fully saturated rings. The van der Waals surface area contributed by atoms with Gasteiger partial charge in [0.25, 0.3) is 5.91 Å². The van der Waals surface area contributed by atoms with E-state index in [1.165, 1.54) is 11.1 Å². The summed E-state index contributed by atoms with van der Waals surface area (Å²) in [5, 5.41) is 16.4. The Morgan fingerprint density at radius 3 is 2.71 bits per heavy atom. The van der Waals surface area contributed by atoms with Gasteiger partial charge < -0.3 is 20.4 Å². The number of nitrogens with zero attached hydrogens (tertiary/aromatic N) is 3. The van der Waals surface area contributed by atoms with Gasteiger partial charge in [0, 0.05) is 39.8 Å². The number of furan rings is 1. The maximum atomic E-state index is 13.1. The summed E-state index contributed by atoms with van der Waals surface area (Å²) in [5.74, 6) is 0.403. The van der Waals surface area contributed by atoms with Crippen molar-refractivity contribution in [3.8, 4) is 11.3 Å². The molecule has 0 saturated carbocycles. The van der Waals surface area contributed by atoms with Gasteiger partial charge in [-0.1, -0.05) is 42.5 Å². The monoisotopic (exact) mass is 550 g/mol. The second-order valence-corrected chi connectivity index (χ2v) is 10.5. The number of benzene rings is 4. The molecule has 3 N–H and O–H groups in total. The molecule has 0 atom stereocenters. The Morgan fingerprint density at radius 1 is 0.857 bits per heavy atom. The minimum atomic E-state index is -0.144. The van der Waals surface area contributed by atoms with Crippen LogP contribution in [0.3, 0.4) is 0 Å². The van der Waals surface area contributed by atoms with Crippen molar-refractivity contribution in [2.75, 3.05) is 17.2 Å². The minimum Gasteiger partial charge on any atom is -0.455 e. The molecule has 1 aliphatic heterocycles. The average Bonchev–Trinajstić information content (AvgIpc) is 3.66. The molecule has 1 aliphatic rings. The Morgan fingerprint density at radius 2 is 1.74 bits per heavy atom. The zero-order valence-electron chi connectivity index (χ0n) is 22.6. The first-order chi connectivity index (χ1) is 20.7. The lowest BCUT2D eigenvalue weighted by Crippen LogP contribution is -2.24. The average molecular weight is 551 g/mol. The van der Waals surface area contributed by atoms with Crippen molar-refractivity contribution in [1.82, 2.24) is 19.9 Å². The third kappa shape index (κ3) is 4.25. The number of fused-ring (bicyclic) bond motifs is 5. The fourth-order valence-electron chi connectivity index (χ4n) is 5.73. The third-order valence-corrected chi connectivity index (χ3v) is 7.80. The molecule has 4 heterocycles. The van der Waals surface area contributed by atoms with Crippen LogP contribution in [0.5, 0.6) is 0 Å². The molecule has 0 spiro atoms. The standard InChI is InChI=1S/C34H26N6O2/c41-33(22-12-11-21-13-15-35-20-23(21)17-22)37-24-5-3-6-25(18-24)38-34-39-30(19-26-14-16-36-40(26)34)29-9-4-8-28-27-7-1-2-10-31(27)42-32(28)29/h1-12,14,16-19,35H,13,15,20H2,(H,37,41)(H,38,39). The van der Waals surface area contributed by atoms with Gasteiger partial charge in [-0.15, -0.1) is 0 Å². The van der Waals surface area contributed by atoms with Gasteiger partial charge in [-0.25, -0.2) is 9.50 Å². The van der Waals surface area contributed by atoms with Crippen molar-refractivity contribution in [3.05, 3.63) is 120 Å². The highest BCUT2D eigenvalue weighted by Gasteiger charge is 2.16. The van der Waals surface area contributed by atoms with Crippen molar-refractivity contribution < 1.29 is 9.21 Å². The number of aromatic nitrogens is 3. The summed E-state index contributed by atoms with van der Waals surface area (Å²) in [7, 11) is 0. The molecule has 0 unspecified atom stereocenters. The van der Waals surface area contributed by atoms with E-state index in [1.807, 2.05) is 78.9 Å². The first kappa shape index (κ1) is 24.3. The molecular weight excluding hydrogens is 524 g/mol. The molecule has 8 nitrogen and oxygen atoms in total. The van der Waals surface area contributed by atoms with Crippen LogP contribution in [0.1, 0.15) is 21.5 Å². The van der Waals surface area contributed by atoms with Crippen LogP contribution in [-0.2, 0) is 13.0 Å². The second-order valence-electron chi connectivity index (χ2n) is 10.5. The molecule has 204 valence electrons. The molecule has 3 aromatic heterocycles. The van der Waals surface area contributed by atoms with Crippen LogP contribution < -0.4 is 16.0 Å². The number of carbonyl (C=O) groups excluding carboxylic acids is 1. The number of hydrogen-bond donors (Lipinski definition) is 3. The predicted octanol–water partition coefficient (Wildman–Crippen LogP) is 6.94. The molecule has 0 aliphatic carbocycles. The second kappa shape index (κ2) is 9.87. The molecule has 0 bridgehead atoms. The lowest BCUT2D eigenvalue weighted by molar-refractivity contribution is 0.102. The highest BCUT2D eigenvalue weighted by molar-refractivity contribution is 6.09. The van der Waals surface area contributed by atoms with Gasteiger partial charge in [-0.3, -0.25) is 4.79 Å². The van der Waals surface area contributed by atoms with Crippen LogP contribution in [0, 0.1) is 0 Å². The number of carbonyl (C=O) groups is 1. The van der Waals surface area contributed by atoms with Gasteiger partial charge in [-0.2, -0.15) is 5.10 Å². The third-order valence-electron chi connectivity index (χ3n) is 7.80. The number of amides is 1. The highest BCUT2D eigenvalue weighted by Crippen LogP contribution is 2.36. The van der Waals surface area contributed by atoms with Crippen molar-refractivity contribution in [2.24, 2.45) is 0 Å². The van der Waals surface area contributed by atoms with E-state index in [2.05, 4.69) is 39.2 Å². The minimum absolute atomic E-state index is 0.144. The predicted molar refractivity (Wildman–Crippen MR) is 165 cm³/mol. The summed E-state index contributed by atoms with van der Waals surface area (Å²) < 4.78 is 8.04. The lowest BCUT2D eigenvalue weighted by atomic mass is 9.98. The summed E-state index contributed by atoms with van der Waals surface area (Å²) in [6.07, 6.45) is 2.73. The number of para-hydroxylation sites is 2. The van der Waals surface area contributed by atoms with E-state index in [9.17, 15) is 4.79 Å². The summed E-state index contributed by atoms with van der Waals surface area (Å²) in [6.45, 7) is 1.76. The highest BCUT2D eigenvalue weighted by atomic mass is 16.3. The van der Waals surface area contributed by atoms with Crippen molar-refractivity contribution in [3.63, 3.8) is 0 Å². The van der Waals surface area contributed by atoms with E-state index < -0.39 is 0 Å². The molecule has 1 amide bonds. The zero-order chi connectivity index (χ0) is 28.0. The molecule has 8 rings (SSSR count). The summed E-state index contributed by atoms with van der Waals surface area (Å²) >= 11 is 0. The van der Waals surface area contributed by atoms with Gasteiger partial charge in [-0.05, 0) is 78.7 Å². The largest absolute Gasteiger partial charge is 0.455 e. The number of rotatable bonds is 5. The summed E-state index contributed by atoms with van der Waals surface area (Å²) in [5.41, 5.74) is 8.76. The van der Waals surface area contributed by atoms with E-state index in [1.54, 1.807) is 10.7 Å². The van der Waals surface area contributed by atoms with Crippen molar-refractivity contribution in [1.29, 1.82) is 0 Å². The Labute approximate surface area is 241 Å². The van der Waals surface area contributed by atoms with Gasteiger partial charge >= 0.3 is 0 Å². The molecule has 4 aromatic carbocycles. The lowest BCUT2D eigenvalue weighted by Gasteiger charge is -2.17. The van der Waals surface area contributed by atoms with Crippen molar-refractivity contribution >= 4 is 50.7 Å². The van der Waals surface area contributed by atoms with Crippen LogP contribution in [0.2, 0.25) is 0 Å².